The highest BCUT2D eigenvalue weighted by Crippen LogP contribution is 2.19. The Bertz CT molecular complexity index is 555. The molecule has 0 fully saturated rings. The number of anilines is 1. The van der Waals surface area contributed by atoms with Gasteiger partial charge in [0.25, 0.3) is 0 Å². The van der Waals surface area contributed by atoms with Crippen molar-refractivity contribution in [2.24, 2.45) is 0 Å². The lowest BCUT2D eigenvalue weighted by atomic mass is 10.2. The molecule has 2 aromatic rings. The predicted octanol–water partition coefficient (Wildman–Crippen LogP) is 3.28. The second-order valence-electron chi connectivity index (χ2n) is 3.79. The highest BCUT2D eigenvalue weighted by molar-refractivity contribution is 6.31. The molecule has 0 radical (unpaired) electrons. The summed E-state index contributed by atoms with van der Waals surface area (Å²) in [5, 5.41) is 0.455. The van der Waals surface area contributed by atoms with E-state index in [0.29, 0.717) is 16.3 Å². The molecule has 4 heteroatoms. The van der Waals surface area contributed by atoms with E-state index >= 15 is 0 Å². The lowest BCUT2D eigenvalue weighted by Crippen LogP contribution is -2.08. The van der Waals surface area contributed by atoms with Crippen LogP contribution in [-0.2, 0) is 11.3 Å². The van der Waals surface area contributed by atoms with Crippen molar-refractivity contribution in [3.05, 3.63) is 64.7 Å². The molecule has 2 aromatic carbocycles. The third-order valence-corrected chi connectivity index (χ3v) is 2.68. The Hall–Kier alpha value is -2.00. The lowest BCUT2D eigenvalue weighted by molar-refractivity contribution is 0.0474. The van der Waals surface area contributed by atoms with Gasteiger partial charge in [0, 0.05) is 10.7 Å². The molecule has 18 heavy (non-hydrogen) atoms. The fraction of sp³-hybridized carbons (Fsp3) is 0.0714. The molecule has 0 unspecified atom stereocenters. The van der Waals surface area contributed by atoms with Gasteiger partial charge in [-0.05, 0) is 23.8 Å². The highest BCUT2D eigenvalue weighted by Gasteiger charge is 2.11. The first-order chi connectivity index (χ1) is 8.66. The zero-order valence-corrected chi connectivity index (χ0v) is 10.4. The Morgan fingerprint density at radius 1 is 1.17 bits per heavy atom. The molecule has 0 heterocycles. The van der Waals surface area contributed by atoms with Crippen LogP contribution in [0.15, 0.2) is 48.5 Å². The summed E-state index contributed by atoms with van der Waals surface area (Å²) in [6.45, 7) is 0.214. The van der Waals surface area contributed by atoms with Crippen LogP contribution in [0.2, 0.25) is 5.02 Å². The summed E-state index contributed by atoms with van der Waals surface area (Å²) in [5.41, 5.74) is 7.27. The van der Waals surface area contributed by atoms with E-state index in [9.17, 15) is 4.79 Å². The fourth-order valence-corrected chi connectivity index (χ4v) is 1.68. The lowest BCUT2D eigenvalue weighted by Gasteiger charge is -2.07. The van der Waals surface area contributed by atoms with Gasteiger partial charge in [0.05, 0.1) is 5.56 Å². The van der Waals surface area contributed by atoms with Gasteiger partial charge in [-0.15, -0.1) is 0 Å². The molecule has 0 atom stereocenters. The molecule has 3 nitrogen and oxygen atoms in total. The molecule has 2 rings (SSSR count). The van der Waals surface area contributed by atoms with Crippen molar-refractivity contribution in [1.29, 1.82) is 0 Å². The number of nitrogens with two attached hydrogens (primary N) is 1. The minimum absolute atomic E-state index is 0.214. The van der Waals surface area contributed by atoms with Crippen molar-refractivity contribution in [3.8, 4) is 0 Å². The van der Waals surface area contributed by atoms with Crippen LogP contribution < -0.4 is 5.73 Å². The molecular formula is C14H12ClNO2. The zero-order chi connectivity index (χ0) is 13.0. The third kappa shape index (κ3) is 3.02. The predicted molar refractivity (Wildman–Crippen MR) is 71.4 cm³/mol. The van der Waals surface area contributed by atoms with E-state index in [1.807, 2.05) is 30.3 Å². The van der Waals surface area contributed by atoms with Crippen LogP contribution in [0.4, 0.5) is 5.69 Å². The van der Waals surface area contributed by atoms with E-state index in [1.54, 1.807) is 12.1 Å². The number of hydrogen-bond acceptors (Lipinski definition) is 3. The SMILES string of the molecule is Nc1ccc(Cl)cc1C(=O)OCc1ccccc1. The Labute approximate surface area is 110 Å². The third-order valence-electron chi connectivity index (χ3n) is 2.45. The van der Waals surface area contributed by atoms with Gasteiger partial charge in [0.15, 0.2) is 0 Å². The number of hydrogen-bond donors (Lipinski definition) is 1. The average molecular weight is 262 g/mol. The van der Waals surface area contributed by atoms with Gasteiger partial charge in [-0.2, -0.15) is 0 Å². The number of benzene rings is 2. The van der Waals surface area contributed by atoms with Crippen molar-refractivity contribution in [1.82, 2.24) is 0 Å². The van der Waals surface area contributed by atoms with E-state index in [4.69, 9.17) is 22.1 Å². The van der Waals surface area contributed by atoms with Gasteiger partial charge in [-0.1, -0.05) is 41.9 Å². The number of esters is 1. The zero-order valence-electron chi connectivity index (χ0n) is 9.60. The first-order valence-corrected chi connectivity index (χ1v) is 5.80. The Balaban J connectivity index is 2.06. The minimum Gasteiger partial charge on any atom is -0.457 e. The van der Waals surface area contributed by atoms with Gasteiger partial charge in [0.2, 0.25) is 0 Å². The second-order valence-corrected chi connectivity index (χ2v) is 4.23. The molecule has 0 aliphatic rings. The molecule has 0 bridgehead atoms. The summed E-state index contributed by atoms with van der Waals surface area (Å²) in [6.07, 6.45) is 0. The fourth-order valence-electron chi connectivity index (χ4n) is 1.51. The molecule has 0 aromatic heterocycles. The number of carbonyl (C=O) groups excluding carboxylic acids is 1. The summed E-state index contributed by atoms with van der Waals surface area (Å²) in [5.74, 6) is -0.473. The standard InChI is InChI=1S/C14H12ClNO2/c15-11-6-7-13(16)12(8-11)14(17)18-9-10-4-2-1-3-5-10/h1-8H,9,16H2. The minimum atomic E-state index is -0.473. The summed E-state index contributed by atoms with van der Waals surface area (Å²) in [6, 6.07) is 14.2. The average Bonchev–Trinajstić information content (AvgIpc) is 2.40. The maximum Gasteiger partial charge on any atom is 0.340 e. The summed E-state index contributed by atoms with van der Waals surface area (Å²) < 4.78 is 5.17. The number of rotatable bonds is 3. The molecule has 0 saturated carbocycles. The first-order valence-electron chi connectivity index (χ1n) is 5.43. The number of nitrogen functional groups attached to an aromatic ring is 1. The van der Waals surface area contributed by atoms with Crippen LogP contribution in [0.1, 0.15) is 15.9 Å². The molecule has 2 N–H and O–H groups in total. The summed E-state index contributed by atoms with van der Waals surface area (Å²) in [4.78, 5) is 11.8. The molecule has 0 aliphatic heterocycles. The van der Waals surface area contributed by atoms with Crippen molar-refractivity contribution in [2.75, 3.05) is 5.73 Å². The van der Waals surface area contributed by atoms with Crippen molar-refractivity contribution in [2.45, 2.75) is 6.61 Å². The summed E-state index contributed by atoms with van der Waals surface area (Å²) in [7, 11) is 0. The number of ether oxygens (including phenoxy) is 1. The molecule has 0 amide bonds. The number of carbonyl (C=O) groups is 1. The maximum atomic E-state index is 11.8. The van der Waals surface area contributed by atoms with Gasteiger partial charge in [-0.25, -0.2) is 4.79 Å². The Kier molecular flexibility index (Phi) is 3.85. The molecule has 0 saturated heterocycles. The largest absolute Gasteiger partial charge is 0.457 e. The molecule has 0 aliphatic carbocycles. The van der Waals surface area contributed by atoms with Gasteiger partial charge >= 0.3 is 5.97 Å². The normalized spacial score (nSPS) is 10.1. The van der Waals surface area contributed by atoms with Crippen LogP contribution in [0.3, 0.4) is 0 Å². The van der Waals surface area contributed by atoms with Crippen LogP contribution in [-0.4, -0.2) is 5.97 Å². The molecule has 92 valence electrons. The van der Waals surface area contributed by atoms with Crippen LogP contribution >= 0.6 is 11.6 Å². The van der Waals surface area contributed by atoms with E-state index < -0.39 is 5.97 Å². The molecular weight excluding hydrogens is 250 g/mol. The maximum absolute atomic E-state index is 11.8. The van der Waals surface area contributed by atoms with E-state index in [-0.39, 0.29) is 6.61 Å². The van der Waals surface area contributed by atoms with Crippen LogP contribution in [0.5, 0.6) is 0 Å². The highest BCUT2D eigenvalue weighted by atomic mass is 35.5. The van der Waals surface area contributed by atoms with E-state index in [2.05, 4.69) is 0 Å². The van der Waals surface area contributed by atoms with Crippen molar-refractivity contribution < 1.29 is 9.53 Å². The smallest absolute Gasteiger partial charge is 0.340 e. The van der Waals surface area contributed by atoms with Crippen LogP contribution in [0.25, 0.3) is 0 Å². The molecule has 0 spiro atoms. The monoisotopic (exact) mass is 261 g/mol. The van der Waals surface area contributed by atoms with Crippen LogP contribution in [0, 0.1) is 0 Å². The van der Waals surface area contributed by atoms with Gasteiger partial charge in [0.1, 0.15) is 6.61 Å². The van der Waals surface area contributed by atoms with E-state index in [1.165, 1.54) is 6.07 Å². The number of halogens is 1. The Morgan fingerprint density at radius 3 is 2.61 bits per heavy atom. The second kappa shape index (κ2) is 5.56. The van der Waals surface area contributed by atoms with Crippen molar-refractivity contribution >= 4 is 23.3 Å². The topological polar surface area (TPSA) is 52.3 Å². The van der Waals surface area contributed by atoms with Gasteiger partial charge in [-0.3, -0.25) is 0 Å². The van der Waals surface area contributed by atoms with Crippen molar-refractivity contribution in [3.63, 3.8) is 0 Å². The first kappa shape index (κ1) is 12.5. The van der Waals surface area contributed by atoms with Gasteiger partial charge < -0.3 is 10.5 Å². The van der Waals surface area contributed by atoms with E-state index in [0.717, 1.165) is 5.56 Å². The summed E-state index contributed by atoms with van der Waals surface area (Å²) >= 11 is 5.81. The Morgan fingerprint density at radius 2 is 1.89 bits per heavy atom. The quantitative estimate of drug-likeness (QED) is 0.681.